The molecule has 2 aliphatic heterocycles. The Hall–Kier alpha value is -1.41. The van der Waals surface area contributed by atoms with Gasteiger partial charge in [-0.2, -0.15) is 4.68 Å². The number of piperazine rings is 1. The maximum absolute atomic E-state index is 13.1. The van der Waals surface area contributed by atoms with E-state index in [0.29, 0.717) is 16.0 Å². The fourth-order valence-electron chi connectivity index (χ4n) is 3.56. The molecule has 26 heavy (non-hydrogen) atoms. The Kier molecular flexibility index (Phi) is 5.05. The summed E-state index contributed by atoms with van der Waals surface area (Å²) in [5.74, 6) is 0.717. The number of benzene rings is 1. The molecule has 0 aliphatic carbocycles. The lowest BCUT2D eigenvalue weighted by molar-refractivity contribution is 0.0766. The minimum absolute atomic E-state index is 0.000970. The molecule has 2 unspecified atom stereocenters. The van der Waals surface area contributed by atoms with Crippen molar-refractivity contribution in [3.8, 4) is 0 Å². The number of thioether (sulfide) groups is 1. The maximum Gasteiger partial charge on any atom is 0.264 e. The number of halogens is 1. The van der Waals surface area contributed by atoms with Crippen molar-refractivity contribution in [1.29, 1.82) is 0 Å². The predicted molar refractivity (Wildman–Crippen MR) is 103 cm³/mol. The Morgan fingerprint density at radius 3 is 2.65 bits per heavy atom. The molecule has 0 N–H and O–H groups in total. The highest BCUT2D eigenvalue weighted by atomic mass is 35.5. The van der Waals surface area contributed by atoms with Gasteiger partial charge in [-0.25, -0.2) is 4.98 Å². The minimum atomic E-state index is -0.279. The summed E-state index contributed by atoms with van der Waals surface area (Å²) in [6.07, 6.45) is 0.727. The van der Waals surface area contributed by atoms with Gasteiger partial charge < -0.3 is 4.90 Å². The third-order valence-electron chi connectivity index (χ3n) is 5.06. The summed E-state index contributed by atoms with van der Waals surface area (Å²) in [5, 5.41) is 5.50. The number of rotatable bonds is 4. The molecule has 8 heteroatoms. The van der Waals surface area contributed by atoms with E-state index in [4.69, 9.17) is 11.6 Å². The lowest BCUT2D eigenvalue weighted by Gasteiger charge is -2.40. The second-order valence-electron chi connectivity index (χ2n) is 6.76. The lowest BCUT2D eigenvalue weighted by Crippen LogP contribution is -2.49. The monoisotopic (exact) mass is 391 g/mol. The fraction of sp³-hybridized carbons (Fsp3) is 0.500. The van der Waals surface area contributed by atoms with E-state index in [1.54, 1.807) is 0 Å². The Labute approximate surface area is 162 Å². The molecular formula is C18H22ClN5OS. The summed E-state index contributed by atoms with van der Waals surface area (Å²) in [7, 11) is 2.13. The maximum atomic E-state index is 13.1. The number of hydrogen-bond donors (Lipinski definition) is 0. The highest BCUT2D eigenvalue weighted by Gasteiger charge is 2.43. The lowest BCUT2D eigenvalue weighted by atomic mass is 10.00. The first kappa shape index (κ1) is 18.0. The number of carbonyl (C=O) groups is 1. The molecule has 6 nitrogen and oxygen atoms in total. The van der Waals surface area contributed by atoms with Crippen molar-refractivity contribution in [3.63, 3.8) is 0 Å². The number of hydrogen-bond acceptors (Lipinski definition) is 6. The van der Waals surface area contributed by atoms with Crippen molar-refractivity contribution in [3.05, 3.63) is 40.7 Å². The van der Waals surface area contributed by atoms with E-state index in [1.165, 1.54) is 16.4 Å². The van der Waals surface area contributed by atoms with E-state index >= 15 is 0 Å². The average Bonchev–Trinajstić information content (AvgIpc) is 3.18. The summed E-state index contributed by atoms with van der Waals surface area (Å²) in [5.41, 5.74) is 1.01. The van der Waals surface area contributed by atoms with Gasteiger partial charge in [-0.05, 0) is 18.7 Å². The third-order valence-corrected chi connectivity index (χ3v) is 6.60. The van der Waals surface area contributed by atoms with Crippen LogP contribution in [0.25, 0.3) is 0 Å². The number of likely N-dealkylation sites (N-methyl/N-ethyl adjacent to an activating group) is 1. The Balaban J connectivity index is 1.68. The van der Waals surface area contributed by atoms with Crippen LogP contribution in [0.2, 0.25) is 5.02 Å². The molecular weight excluding hydrogens is 370 g/mol. The highest BCUT2D eigenvalue weighted by molar-refractivity contribution is 8.00. The molecule has 1 saturated heterocycles. The Morgan fingerprint density at radius 2 is 2.00 bits per heavy atom. The van der Waals surface area contributed by atoms with E-state index in [0.717, 1.165) is 38.2 Å². The van der Waals surface area contributed by atoms with E-state index < -0.39 is 0 Å². The summed E-state index contributed by atoms with van der Waals surface area (Å²) < 4.78 is 1.48. The van der Waals surface area contributed by atoms with Gasteiger partial charge in [-0.1, -0.05) is 48.5 Å². The largest absolute Gasteiger partial charge is 0.304 e. The quantitative estimate of drug-likeness (QED) is 0.798. The second-order valence-corrected chi connectivity index (χ2v) is 8.27. The highest BCUT2D eigenvalue weighted by Crippen LogP contribution is 2.42. The van der Waals surface area contributed by atoms with Gasteiger partial charge in [0.2, 0.25) is 0 Å². The molecule has 3 heterocycles. The topological polar surface area (TPSA) is 54.3 Å². The van der Waals surface area contributed by atoms with Crippen LogP contribution in [0, 0.1) is 0 Å². The normalized spacial score (nSPS) is 22.6. The number of carbonyl (C=O) groups excluding carboxylic acids is 1. The summed E-state index contributed by atoms with van der Waals surface area (Å²) >= 11 is 8.04. The van der Waals surface area contributed by atoms with Crippen LogP contribution in [0.5, 0.6) is 0 Å². The van der Waals surface area contributed by atoms with Crippen LogP contribution in [0.1, 0.15) is 29.1 Å². The molecule has 0 bridgehead atoms. The molecule has 0 amide bonds. The van der Waals surface area contributed by atoms with Gasteiger partial charge in [0.15, 0.2) is 11.0 Å². The van der Waals surface area contributed by atoms with Gasteiger partial charge >= 0.3 is 0 Å². The van der Waals surface area contributed by atoms with Crippen molar-refractivity contribution in [2.24, 2.45) is 0 Å². The van der Waals surface area contributed by atoms with Crippen molar-refractivity contribution >= 4 is 29.3 Å². The van der Waals surface area contributed by atoms with Gasteiger partial charge in [0.1, 0.15) is 5.25 Å². The number of nitrogens with zero attached hydrogens (tertiary/aromatic N) is 5. The average molecular weight is 392 g/mol. The van der Waals surface area contributed by atoms with Crippen LogP contribution in [0.15, 0.2) is 29.4 Å². The zero-order valence-corrected chi connectivity index (χ0v) is 16.5. The number of aryl methyl sites for hydroxylation is 1. The van der Waals surface area contributed by atoms with Gasteiger partial charge in [0.05, 0.1) is 6.04 Å². The molecule has 0 radical (unpaired) electrons. The van der Waals surface area contributed by atoms with Crippen molar-refractivity contribution < 1.29 is 4.79 Å². The molecule has 4 rings (SSSR count). The van der Waals surface area contributed by atoms with Crippen molar-refractivity contribution in [2.75, 3.05) is 33.2 Å². The predicted octanol–water partition coefficient (Wildman–Crippen LogP) is 2.60. The molecule has 2 atom stereocenters. The van der Waals surface area contributed by atoms with E-state index in [-0.39, 0.29) is 17.2 Å². The molecule has 2 aromatic rings. The van der Waals surface area contributed by atoms with Gasteiger partial charge in [0, 0.05) is 37.6 Å². The van der Waals surface area contributed by atoms with Crippen LogP contribution in [-0.2, 0) is 6.42 Å². The van der Waals surface area contributed by atoms with Crippen LogP contribution in [0.3, 0.4) is 0 Å². The first-order valence-corrected chi connectivity index (χ1v) is 10.2. The zero-order chi connectivity index (χ0) is 18.3. The zero-order valence-electron chi connectivity index (χ0n) is 14.9. The Bertz CT molecular complexity index is 818. The van der Waals surface area contributed by atoms with Gasteiger partial charge in [-0.15, -0.1) is 5.10 Å². The molecule has 1 aromatic heterocycles. The van der Waals surface area contributed by atoms with Crippen LogP contribution in [-0.4, -0.2) is 68.9 Å². The third kappa shape index (κ3) is 3.17. The first-order valence-electron chi connectivity index (χ1n) is 8.92. The number of aromatic nitrogens is 3. The fourth-order valence-corrected chi connectivity index (χ4v) is 5.07. The smallest absolute Gasteiger partial charge is 0.264 e. The second kappa shape index (κ2) is 7.31. The Morgan fingerprint density at radius 1 is 1.27 bits per heavy atom. The summed E-state index contributed by atoms with van der Waals surface area (Å²) in [6.45, 7) is 5.78. The number of fused-ring (bicyclic) bond motifs is 1. The van der Waals surface area contributed by atoms with E-state index in [9.17, 15) is 4.79 Å². The molecule has 138 valence electrons. The molecule has 2 aliphatic rings. The van der Waals surface area contributed by atoms with Gasteiger partial charge in [0.25, 0.3) is 5.91 Å². The van der Waals surface area contributed by atoms with Crippen LogP contribution >= 0.6 is 23.4 Å². The van der Waals surface area contributed by atoms with E-state index in [2.05, 4.69) is 26.9 Å². The molecule has 1 fully saturated rings. The van der Waals surface area contributed by atoms with E-state index in [1.807, 2.05) is 31.2 Å². The van der Waals surface area contributed by atoms with Crippen LogP contribution < -0.4 is 0 Å². The van der Waals surface area contributed by atoms with Crippen molar-refractivity contribution in [2.45, 2.75) is 29.8 Å². The summed E-state index contributed by atoms with van der Waals surface area (Å²) in [6, 6.07) is 7.77. The standard InChI is InChI=1S/C18H22ClN5OS/c1-3-14-20-18-24(21-14)17(25)16(26-18)15(12-6-4-5-7-13(12)19)23-10-8-22(2)9-11-23/h4-7,15-16H,3,8-11H2,1-2H3. The molecule has 1 aromatic carbocycles. The minimum Gasteiger partial charge on any atom is -0.304 e. The van der Waals surface area contributed by atoms with Gasteiger partial charge in [-0.3, -0.25) is 9.69 Å². The molecule has 0 spiro atoms. The first-order chi connectivity index (χ1) is 12.6. The molecule has 0 saturated carbocycles. The van der Waals surface area contributed by atoms with Crippen LogP contribution in [0.4, 0.5) is 0 Å². The summed E-state index contributed by atoms with van der Waals surface area (Å²) in [4.78, 5) is 22.3. The SMILES string of the molecule is CCc1nc2n(n1)C(=O)C(C(c1ccccc1Cl)N1CCN(C)CC1)S2. The van der Waals surface area contributed by atoms with Crippen molar-refractivity contribution in [1.82, 2.24) is 24.6 Å².